The number of hydrogen-bond acceptors (Lipinski definition) is 3. The van der Waals surface area contributed by atoms with Crippen molar-refractivity contribution in [3.05, 3.63) is 59.4 Å². The highest BCUT2D eigenvalue weighted by Gasteiger charge is 2.12. The molecule has 0 aromatic heterocycles. The molecule has 0 radical (unpaired) electrons. The summed E-state index contributed by atoms with van der Waals surface area (Å²) in [5, 5.41) is 9.48. The Bertz CT molecular complexity index is 751. The first-order chi connectivity index (χ1) is 12.0. The van der Waals surface area contributed by atoms with E-state index in [1.54, 1.807) is 18.2 Å². The van der Waals surface area contributed by atoms with E-state index in [0.29, 0.717) is 35.8 Å². The zero-order valence-corrected chi connectivity index (χ0v) is 14.3. The summed E-state index contributed by atoms with van der Waals surface area (Å²) in [6, 6.07) is 10.6. The summed E-state index contributed by atoms with van der Waals surface area (Å²) >= 11 is 0. The molecule has 0 atom stereocenters. The maximum absolute atomic E-state index is 13.1. The summed E-state index contributed by atoms with van der Waals surface area (Å²) in [5.74, 6) is -0.312. The molecule has 0 aliphatic carbocycles. The molecule has 0 heterocycles. The molecular weight excluding hydrogens is 323 g/mol. The monoisotopic (exact) mass is 344 g/mol. The summed E-state index contributed by atoms with van der Waals surface area (Å²) in [6.07, 6.45) is 2.41. The molecule has 25 heavy (non-hydrogen) atoms. The Kier molecular flexibility index (Phi) is 6.57. The Balaban J connectivity index is 2.40. The molecule has 0 unspecified atom stereocenters. The second kappa shape index (κ2) is 8.87. The quantitative estimate of drug-likeness (QED) is 0.560. The van der Waals surface area contributed by atoms with E-state index in [2.05, 4.69) is 0 Å². The molecular formula is C20H21FO4. The van der Waals surface area contributed by atoms with Crippen molar-refractivity contribution in [2.75, 3.05) is 13.2 Å². The minimum Gasteiger partial charge on any atom is -0.490 e. The number of carboxylic acids is 1. The van der Waals surface area contributed by atoms with Gasteiger partial charge in [0.1, 0.15) is 5.82 Å². The van der Waals surface area contributed by atoms with Crippen LogP contribution in [0.4, 0.5) is 4.39 Å². The van der Waals surface area contributed by atoms with Gasteiger partial charge in [-0.2, -0.15) is 0 Å². The van der Waals surface area contributed by atoms with Crippen LogP contribution in [0.1, 0.15) is 31.4 Å². The Hall–Kier alpha value is -2.82. The standard InChI is InChI=1S/C20H21FO4/c1-3-11-25-18-10-5-14(13-19(18)24-4-2)12-17(20(22)23)15-6-8-16(21)9-7-15/h5-10,12-13H,3-4,11H2,1-2H3,(H,22,23)/b17-12-. The van der Waals surface area contributed by atoms with E-state index in [4.69, 9.17) is 9.47 Å². The van der Waals surface area contributed by atoms with Crippen LogP contribution < -0.4 is 9.47 Å². The van der Waals surface area contributed by atoms with Crippen molar-refractivity contribution in [2.45, 2.75) is 20.3 Å². The van der Waals surface area contributed by atoms with Crippen LogP contribution in [0.5, 0.6) is 11.5 Å². The Morgan fingerprint density at radius 1 is 1.08 bits per heavy atom. The van der Waals surface area contributed by atoms with Crippen LogP contribution in [0.3, 0.4) is 0 Å². The van der Waals surface area contributed by atoms with Gasteiger partial charge in [0.25, 0.3) is 0 Å². The molecule has 0 aliphatic rings. The van der Waals surface area contributed by atoms with E-state index in [1.165, 1.54) is 30.3 Å². The lowest BCUT2D eigenvalue weighted by Gasteiger charge is -2.12. The first-order valence-electron chi connectivity index (χ1n) is 8.15. The molecule has 4 nitrogen and oxygen atoms in total. The van der Waals surface area contributed by atoms with E-state index >= 15 is 0 Å². The van der Waals surface area contributed by atoms with Crippen molar-refractivity contribution in [2.24, 2.45) is 0 Å². The van der Waals surface area contributed by atoms with Gasteiger partial charge in [-0.3, -0.25) is 0 Å². The van der Waals surface area contributed by atoms with Crippen LogP contribution in [0, 0.1) is 5.82 Å². The third-order valence-corrected chi connectivity index (χ3v) is 3.43. The fourth-order valence-corrected chi connectivity index (χ4v) is 2.28. The van der Waals surface area contributed by atoms with Gasteiger partial charge < -0.3 is 14.6 Å². The highest BCUT2D eigenvalue weighted by molar-refractivity contribution is 6.20. The van der Waals surface area contributed by atoms with Crippen molar-refractivity contribution in [3.63, 3.8) is 0 Å². The normalized spacial score (nSPS) is 11.2. The largest absolute Gasteiger partial charge is 0.490 e. The third kappa shape index (κ3) is 5.08. The van der Waals surface area contributed by atoms with Crippen molar-refractivity contribution in [1.29, 1.82) is 0 Å². The fraction of sp³-hybridized carbons (Fsp3) is 0.250. The van der Waals surface area contributed by atoms with Crippen LogP contribution in [0.2, 0.25) is 0 Å². The van der Waals surface area contributed by atoms with E-state index in [1.807, 2.05) is 13.8 Å². The van der Waals surface area contributed by atoms with Crippen LogP contribution in [-0.4, -0.2) is 24.3 Å². The Labute approximate surface area is 146 Å². The van der Waals surface area contributed by atoms with E-state index in [-0.39, 0.29) is 5.57 Å². The van der Waals surface area contributed by atoms with Crippen molar-refractivity contribution < 1.29 is 23.8 Å². The zero-order valence-electron chi connectivity index (χ0n) is 14.3. The summed E-state index contributed by atoms with van der Waals surface area (Å²) < 4.78 is 24.3. The summed E-state index contributed by atoms with van der Waals surface area (Å²) in [5.41, 5.74) is 1.16. The maximum atomic E-state index is 13.1. The van der Waals surface area contributed by atoms with Gasteiger partial charge >= 0.3 is 5.97 Å². The maximum Gasteiger partial charge on any atom is 0.336 e. The second-order valence-corrected chi connectivity index (χ2v) is 5.36. The number of aliphatic carboxylic acids is 1. The van der Waals surface area contributed by atoms with Gasteiger partial charge in [-0.05, 0) is 54.8 Å². The molecule has 0 saturated carbocycles. The highest BCUT2D eigenvalue weighted by atomic mass is 19.1. The average molecular weight is 344 g/mol. The first-order valence-corrected chi connectivity index (χ1v) is 8.15. The van der Waals surface area contributed by atoms with Crippen LogP contribution in [0.15, 0.2) is 42.5 Å². The molecule has 0 bridgehead atoms. The van der Waals surface area contributed by atoms with Crippen molar-refractivity contribution in [1.82, 2.24) is 0 Å². The zero-order chi connectivity index (χ0) is 18.2. The SMILES string of the molecule is CCCOc1ccc(/C=C(\C(=O)O)c2ccc(F)cc2)cc1OCC. The van der Waals surface area contributed by atoms with Gasteiger partial charge in [0.2, 0.25) is 0 Å². The van der Waals surface area contributed by atoms with Gasteiger partial charge in [-0.15, -0.1) is 0 Å². The fourth-order valence-electron chi connectivity index (χ4n) is 2.28. The van der Waals surface area contributed by atoms with Crippen molar-refractivity contribution >= 4 is 17.6 Å². The molecule has 0 spiro atoms. The number of halogens is 1. The number of benzene rings is 2. The van der Waals surface area contributed by atoms with E-state index in [0.717, 1.165) is 6.42 Å². The molecule has 5 heteroatoms. The van der Waals surface area contributed by atoms with Crippen LogP contribution >= 0.6 is 0 Å². The molecule has 0 amide bonds. The van der Waals surface area contributed by atoms with Gasteiger partial charge in [0, 0.05) is 0 Å². The summed E-state index contributed by atoms with van der Waals surface area (Å²) in [7, 11) is 0. The number of carbonyl (C=O) groups is 1. The molecule has 0 aliphatic heterocycles. The molecule has 2 rings (SSSR count). The number of hydrogen-bond donors (Lipinski definition) is 1. The predicted molar refractivity (Wildman–Crippen MR) is 95.3 cm³/mol. The molecule has 132 valence electrons. The minimum absolute atomic E-state index is 0.0738. The summed E-state index contributed by atoms with van der Waals surface area (Å²) in [6.45, 7) is 4.93. The number of ether oxygens (including phenoxy) is 2. The first kappa shape index (κ1) is 18.5. The van der Waals surface area contributed by atoms with Gasteiger partial charge in [-0.1, -0.05) is 25.1 Å². The predicted octanol–water partition coefficient (Wildman–Crippen LogP) is 4.64. The highest BCUT2D eigenvalue weighted by Crippen LogP contribution is 2.30. The Morgan fingerprint density at radius 2 is 1.80 bits per heavy atom. The van der Waals surface area contributed by atoms with Gasteiger partial charge in [0.05, 0.1) is 18.8 Å². The molecule has 2 aromatic rings. The molecule has 2 aromatic carbocycles. The lowest BCUT2D eigenvalue weighted by molar-refractivity contribution is -0.130. The number of rotatable bonds is 8. The smallest absolute Gasteiger partial charge is 0.336 e. The van der Waals surface area contributed by atoms with Crippen molar-refractivity contribution in [3.8, 4) is 11.5 Å². The van der Waals surface area contributed by atoms with Gasteiger partial charge in [0.15, 0.2) is 11.5 Å². The Morgan fingerprint density at radius 3 is 2.40 bits per heavy atom. The van der Waals surface area contributed by atoms with E-state index in [9.17, 15) is 14.3 Å². The lowest BCUT2D eigenvalue weighted by atomic mass is 10.0. The van der Waals surface area contributed by atoms with E-state index < -0.39 is 11.8 Å². The topological polar surface area (TPSA) is 55.8 Å². The average Bonchev–Trinajstić information content (AvgIpc) is 2.60. The lowest BCUT2D eigenvalue weighted by Crippen LogP contribution is -2.01. The number of carboxylic acid groups (broad SMARTS) is 1. The molecule has 0 saturated heterocycles. The minimum atomic E-state index is -1.09. The van der Waals surface area contributed by atoms with Crippen LogP contribution in [-0.2, 0) is 4.79 Å². The second-order valence-electron chi connectivity index (χ2n) is 5.36. The molecule has 1 N–H and O–H groups in total. The van der Waals surface area contributed by atoms with Gasteiger partial charge in [-0.25, -0.2) is 9.18 Å². The van der Waals surface area contributed by atoms with Crippen LogP contribution in [0.25, 0.3) is 11.6 Å². The molecule has 0 fully saturated rings. The summed E-state index contributed by atoms with van der Waals surface area (Å²) in [4.78, 5) is 11.6. The third-order valence-electron chi connectivity index (χ3n) is 3.43.